The summed E-state index contributed by atoms with van der Waals surface area (Å²) in [5.74, 6) is -0.0168. The second kappa shape index (κ2) is 9.99. The van der Waals surface area contributed by atoms with E-state index in [1.165, 1.54) is 35.9 Å². The van der Waals surface area contributed by atoms with Gasteiger partial charge >= 0.3 is 6.18 Å². The molecule has 0 aliphatic heterocycles. The molecule has 0 heterocycles. The van der Waals surface area contributed by atoms with Gasteiger partial charge in [0.25, 0.3) is 15.9 Å². The lowest BCUT2D eigenvalue weighted by atomic mass is 9.88. The number of alkyl halides is 3. The SMILES string of the molecule is O=C(COc1ccc(S(=O)(=O)Nc2cccc(C(F)(F)F)c2)cc1)N[C@@H]1CCCc2ccccc21. The highest BCUT2D eigenvalue weighted by atomic mass is 32.2. The molecule has 3 aromatic rings. The normalized spacial score (nSPS) is 15.7. The Bertz CT molecular complexity index is 1310. The van der Waals surface area contributed by atoms with E-state index in [-0.39, 0.29) is 34.9 Å². The quantitative estimate of drug-likeness (QED) is 0.470. The number of sulfonamides is 1. The van der Waals surface area contributed by atoms with Crippen molar-refractivity contribution in [3.8, 4) is 5.75 Å². The maximum Gasteiger partial charge on any atom is 0.416 e. The zero-order chi connectivity index (χ0) is 25.1. The topological polar surface area (TPSA) is 84.5 Å². The van der Waals surface area contributed by atoms with Crippen LogP contribution in [-0.4, -0.2) is 20.9 Å². The Balaban J connectivity index is 1.35. The second-order valence-corrected chi connectivity index (χ2v) is 9.84. The summed E-state index contributed by atoms with van der Waals surface area (Å²) < 4.78 is 71.4. The minimum absolute atomic E-state index is 0.0782. The third kappa shape index (κ3) is 6.13. The number of fused-ring (bicyclic) bond motifs is 1. The number of benzene rings is 3. The zero-order valence-electron chi connectivity index (χ0n) is 18.5. The number of anilines is 1. The number of carbonyl (C=O) groups excluding carboxylic acids is 1. The fourth-order valence-electron chi connectivity index (χ4n) is 3.98. The fourth-order valence-corrected chi connectivity index (χ4v) is 5.03. The smallest absolute Gasteiger partial charge is 0.416 e. The van der Waals surface area contributed by atoms with Gasteiger partial charge in [-0.3, -0.25) is 9.52 Å². The molecule has 184 valence electrons. The van der Waals surface area contributed by atoms with E-state index in [0.717, 1.165) is 43.0 Å². The molecule has 0 saturated heterocycles. The van der Waals surface area contributed by atoms with E-state index < -0.39 is 21.8 Å². The summed E-state index contributed by atoms with van der Waals surface area (Å²) in [5, 5.41) is 2.97. The van der Waals surface area contributed by atoms with Crippen LogP contribution in [0.3, 0.4) is 0 Å². The van der Waals surface area contributed by atoms with Gasteiger partial charge in [0.2, 0.25) is 0 Å². The lowest BCUT2D eigenvalue weighted by Crippen LogP contribution is -2.34. The highest BCUT2D eigenvalue weighted by Crippen LogP contribution is 2.31. The molecule has 0 radical (unpaired) electrons. The summed E-state index contributed by atoms with van der Waals surface area (Å²) in [6.45, 7) is -0.243. The average molecular weight is 505 g/mol. The van der Waals surface area contributed by atoms with Gasteiger partial charge in [-0.05, 0) is 72.9 Å². The third-order valence-corrected chi connectivity index (χ3v) is 7.05. The van der Waals surface area contributed by atoms with Gasteiger partial charge in [-0.25, -0.2) is 8.42 Å². The molecule has 0 aromatic heterocycles. The number of nitrogens with one attached hydrogen (secondary N) is 2. The van der Waals surface area contributed by atoms with Crippen molar-refractivity contribution in [2.75, 3.05) is 11.3 Å². The number of halogens is 3. The van der Waals surface area contributed by atoms with E-state index in [1.807, 2.05) is 18.2 Å². The second-order valence-electron chi connectivity index (χ2n) is 8.16. The molecule has 10 heteroatoms. The fraction of sp³-hybridized carbons (Fsp3) is 0.240. The van der Waals surface area contributed by atoms with Gasteiger partial charge < -0.3 is 10.1 Å². The third-order valence-electron chi connectivity index (χ3n) is 5.65. The van der Waals surface area contributed by atoms with Crippen LogP contribution in [0.25, 0.3) is 0 Å². The zero-order valence-corrected chi connectivity index (χ0v) is 19.3. The lowest BCUT2D eigenvalue weighted by Gasteiger charge is -2.26. The van der Waals surface area contributed by atoms with Crippen LogP contribution < -0.4 is 14.8 Å². The summed E-state index contributed by atoms with van der Waals surface area (Å²) in [5.41, 5.74) is 1.16. The molecular weight excluding hydrogens is 481 g/mol. The van der Waals surface area contributed by atoms with E-state index in [9.17, 15) is 26.4 Å². The lowest BCUT2D eigenvalue weighted by molar-refractivity contribution is -0.137. The Kier molecular flexibility index (Phi) is 7.02. The summed E-state index contributed by atoms with van der Waals surface area (Å²) in [6, 6.07) is 17.1. The average Bonchev–Trinajstić information content (AvgIpc) is 2.83. The van der Waals surface area contributed by atoms with Gasteiger partial charge in [0, 0.05) is 5.69 Å². The molecule has 0 spiro atoms. The maximum absolute atomic E-state index is 12.9. The Morgan fingerprint density at radius 2 is 1.74 bits per heavy atom. The first-order valence-electron chi connectivity index (χ1n) is 10.9. The molecule has 0 fully saturated rings. The van der Waals surface area contributed by atoms with Crippen molar-refractivity contribution in [2.45, 2.75) is 36.4 Å². The molecule has 0 unspecified atom stereocenters. The van der Waals surface area contributed by atoms with Crippen LogP contribution >= 0.6 is 0 Å². The van der Waals surface area contributed by atoms with Crippen LogP contribution in [-0.2, 0) is 27.4 Å². The van der Waals surface area contributed by atoms with Crippen LogP contribution in [0.5, 0.6) is 5.75 Å². The van der Waals surface area contributed by atoms with Crippen LogP contribution in [0.15, 0.2) is 77.7 Å². The van der Waals surface area contributed by atoms with Crippen LogP contribution in [0.1, 0.15) is 35.6 Å². The largest absolute Gasteiger partial charge is 0.484 e. The molecular formula is C25H23F3N2O4S. The van der Waals surface area contributed by atoms with Gasteiger partial charge in [-0.1, -0.05) is 30.3 Å². The van der Waals surface area contributed by atoms with Crippen molar-refractivity contribution >= 4 is 21.6 Å². The highest BCUT2D eigenvalue weighted by Gasteiger charge is 2.30. The molecule has 0 saturated carbocycles. The van der Waals surface area contributed by atoms with E-state index in [1.54, 1.807) is 0 Å². The number of hydrogen-bond donors (Lipinski definition) is 2. The van der Waals surface area contributed by atoms with E-state index in [4.69, 9.17) is 4.74 Å². The molecule has 1 atom stereocenters. The molecule has 2 N–H and O–H groups in total. The van der Waals surface area contributed by atoms with Crippen molar-refractivity contribution in [1.82, 2.24) is 5.32 Å². The minimum atomic E-state index is -4.59. The molecule has 3 aromatic carbocycles. The molecule has 1 amide bonds. The number of aryl methyl sites for hydroxylation is 1. The van der Waals surface area contributed by atoms with Crippen LogP contribution in [0.4, 0.5) is 18.9 Å². The summed E-state index contributed by atoms with van der Waals surface area (Å²) >= 11 is 0. The summed E-state index contributed by atoms with van der Waals surface area (Å²) in [4.78, 5) is 12.2. The number of ether oxygens (including phenoxy) is 1. The number of hydrogen-bond acceptors (Lipinski definition) is 4. The first kappa shape index (κ1) is 24.6. The van der Waals surface area contributed by atoms with Gasteiger partial charge in [0.1, 0.15) is 5.75 Å². The molecule has 1 aliphatic rings. The predicted octanol–water partition coefficient (Wildman–Crippen LogP) is 5.08. The predicted molar refractivity (Wildman–Crippen MR) is 124 cm³/mol. The van der Waals surface area contributed by atoms with E-state index in [2.05, 4.69) is 16.1 Å². The van der Waals surface area contributed by atoms with Gasteiger partial charge in [0.15, 0.2) is 6.61 Å². The van der Waals surface area contributed by atoms with Crippen molar-refractivity contribution in [3.63, 3.8) is 0 Å². The van der Waals surface area contributed by atoms with Crippen LogP contribution in [0.2, 0.25) is 0 Å². The van der Waals surface area contributed by atoms with Gasteiger partial charge in [0.05, 0.1) is 16.5 Å². The van der Waals surface area contributed by atoms with Gasteiger partial charge in [-0.2, -0.15) is 13.2 Å². The molecule has 0 bridgehead atoms. The Morgan fingerprint density at radius 3 is 2.49 bits per heavy atom. The standard InChI is InChI=1S/C25H23F3N2O4S/c26-25(27,28)18-7-4-8-19(15-18)30-35(32,33)21-13-11-20(12-14-21)34-16-24(31)29-23-10-3-6-17-5-1-2-9-22(17)23/h1-2,4-5,7-9,11-15,23,30H,3,6,10,16H2,(H,29,31)/t23-/m1/s1. The molecule has 1 aliphatic carbocycles. The number of rotatable bonds is 7. The number of amides is 1. The van der Waals surface area contributed by atoms with Gasteiger partial charge in [-0.15, -0.1) is 0 Å². The van der Waals surface area contributed by atoms with Crippen molar-refractivity contribution in [2.24, 2.45) is 0 Å². The maximum atomic E-state index is 12.9. The monoisotopic (exact) mass is 504 g/mol. The van der Waals surface area contributed by atoms with Crippen LogP contribution in [0, 0.1) is 0 Å². The van der Waals surface area contributed by atoms with Crippen molar-refractivity contribution < 1.29 is 31.1 Å². The van der Waals surface area contributed by atoms with Crippen molar-refractivity contribution in [1.29, 1.82) is 0 Å². The van der Waals surface area contributed by atoms with E-state index in [0.29, 0.717) is 0 Å². The molecule has 35 heavy (non-hydrogen) atoms. The Morgan fingerprint density at radius 1 is 1.00 bits per heavy atom. The summed E-state index contributed by atoms with van der Waals surface area (Å²) in [6.07, 6.45) is -1.79. The summed E-state index contributed by atoms with van der Waals surface area (Å²) in [7, 11) is -4.12. The highest BCUT2D eigenvalue weighted by molar-refractivity contribution is 7.92. The number of carbonyl (C=O) groups is 1. The first-order valence-corrected chi connectivity index (χ1v) is 12.4. The van der Waals surface area contributed by atoms with Crippen molar-refractivity contribution in [3.05, 3.63) is 89.5 Å². The van der Waals surface area contributed by atoms with E-state index >= 15 is 0 Å². The Hall–Kier alpha value is -3.53. The molecule has 4 rings (SSSR count). The Labute approximate surface area is 201 Å². The minimum Gasteiger partial charge on any atom is -0.484 e. The first-order chi connectivity index (χ1) is 16.6. The molecule has 6 nitrogen and oxygen atoms in total.